The largest absolute Gasteiger partial charge is 0.322 e. The average molecular weight is 266 g/mol. The fourth-order valence-corrected chi connectivity index (χ4v) is 3.13. The van der Waals surface area contributed by atoms with Crippen molar-refractivity contribution >= 4 is 17.2 Å². The fraction of sp³-hybridized carbons (Fsp3) is 0.643. The van der Waals surface area contributed by atoms with Gasteiger partial charge < -0.3 is 4.90 Å². The Labute approximate surface area is 113 Å². The van der Waals surface area contributed by atoms with Crippen LogP contribution in [0.2, 0.25) is 0 Å². The van der Waals surface area contributed by atoms with Gasteiger partial charge in [-0.1, -0.05) is 26.7 Å². The van der Waals surface area contributed by atoms with Crippen molar-refractivity contribution < 1.29 is 4.79 Å². The lowest BCUT2D eigenvalue weighted by Crippen LogP contribution is -2.31. The first-order valence-electron chi connectivity index (χ1n) is 6.86. The van der Waals surface area contributed by atoms with E-state index in [0.717, 1.165) is 32.2 Å². The molecule has 1 amide bonds. The van der Waals surface area contributed by atoms with Gasteiger partial charge in [0.2, 0.25) is 5.91 Å². The van der Waals surface area contributed by atoms with Gasteiger partial charge in [0.05, 0.1) is 6.04 Å². The van der Waals surface area contributed by atoms with Crippen molar-refractivity contribution in [3.63, 3.8) is 0 Å². The first-order valence-corrected chi connectivity index (χ1v) is 7.80. The first-order chi connectivity index (χ1) is 8.77. The molecule has 1 aliphatic rings. The Morgan fingerprint density at radius 2 is 2.22 bits per heavy atom. The molecule has 0 aromatic carbocycles. The number of unbranched alkanes of at least 4 members (excludes halogenated alkanes) is 1. The second-order valence-electron chi connectivity index (χ2n) is 4.85. The number of hydrogen-bond acceptors (Lipinski definition) is 3. The summed E-state index contributed by atoms with van der Waals surface area (Å²) in [5.41, 5.74) is 1.23. The van der Waals surface area contributed by atoms with E-state index in [1.54, 1.807) is 11.3 Å². The Morgan fingerprint density at radius 3 is 2.83 bits per heavy atom. The van der Waals surface area contributed by atoms with Crippen LogP contribution in [-0.2, 0) is 4.79 Å². The van der Waals surface area contributed by atoms with Crippen LogP contribution in [0.25, 0.3) is 0 Å². The second kappa shape index (κ2) is 6.34. The summed E-state index contributed by atoms with van der Waals surface area (Å²) in [6, 6.07) is 2.12. The Balaban J connectivity index is 2.12. The highest BCUT2D eigenvalue weighted by atomic mass is 32.1. The summed E-state index contributed by atoms with van der Waals surface area (Å²) in [5.74, 6) is 0.279. The molecule has 0 bridgehead atoms. The van der Waals surface area contributed by atoms with Crippen LogP contribution < -0.4 is 5.32 Å². The second-order valence-corrected chi connectivity index (χ2v) is 5.63. The van der Waals surface area contributed by atoms with Gasteiger partial charge in [-0.2, -0.15) is 11.3 Å². The molecule has 100 valence electrons. The Bertz CT molecular complexity index is 377. The minimum Gasteiger partial charge on any atom is -0.322 e. The molecule has 18 heavy (non-hydrogen) atoms. The van der Waals surface area contributed by atoms with Gasteiger partial charge in [-0.3, -0.25) is 10.1 Å². The lowest BCUT2D eigenvalue weighted by atomic mass is 10.1. The van der Waals surface area contributed by atoms with Crippen LogP contribution in [-0.4, -0.2) is 23.4 Å². The molecular weight excluding hydrogens is 244 g/mol. The first kappa shape index (κ1) is 13.6. The van der Waals surface area contributed by atoms with E-state index in [1.807, 2.05) is 4.90 Å². The van der Waals surface area contributed by atoms with Crippen LogP contribution in [0.3, 0.4) is 0 Å². The molecule has 1 aromatic heterocycles. The van der Waals surface area contributed by atoms with Gasteiger partial charge in [-0.05, 0) is 35.2 Å². The smallest absolute Gasteiger partial charge is 0.241 e. The normalized spacial score (nSPS) is 23.9. The Hall–Kier alpha value is -0.870. The van der Waals surface area contributed by atoms with Crippen molar-refractivity contribution in [1.82, 2.24) is 10.2 Å². The number of nitrogens with one attached hydrogen (secondary N) is 1. The van der Waals surface area contributed by atoms with E-state index in [-0.39, 0.29) is 18.1 Å². The van der Waals surface area contributed by atoms with Gasteiger partial charge in [-0.25, -0.2) is 0 Å². The summed E-state index contributed by atoms with van der Waals surface area (Å²) in [4.78, 5) is 14.4. The van der Waals surface area contributed by atoms with E-state index in [4.69, 9.17) is 0 Å². The van der Waals surface area contributed by atoms with Gasteiger partial charge in [0.25, 0.3) is 0 Å². The molecule has 3 nitrogen and oxygen atoms in total. The van der Waals surface area contributed by atoms with E-state index in [0.29, 0.717) is 0 Å². The zero-order valence-electron chi connectivity index (χ0n) is 11.2. The van der Waals surface area contributed by atoms with Crippen LogP contribution in [0.4, 0.5) is 0 Å². The van der Waals surface area contributed by atoms with Crippen molar-refractivity contribution in [3.8, 4) is 0 Å². The summed E-state index contributed by atoms with van der Waals surface area (Å²) in [6.45, 7) is 5.16. The number of carbonyl (C=O) groups is 1. The molecule has 2 rings (SSSR count). The maximum absolute atomic E-state index is 12.4. The SMILES string of the molecule is CCCCN1C(=O)C(CCC)NC1c1ccsc1. The summed E-state index contributed by atoms with van der Waals surface area (Å²) < 4.78 is 0. The van der Waals surface area contributed by atoms with Gasteiger partial charge in [0.15, 0.2) is 0 Å². The molecule has 2 heterocycles. The predicted octanol–water partition coefficient (Wildman–Crippen LogP) is 3.15. The van der Waals surface area contributed by atoms with Crippen molar-refractivity contribution in [2.75, 3.05) is 6.54 Å². The van der Waals surface area contributed by atoms with Crippen LogP contribution in [0.5, 0.6) is 0 Å². The Morgan fingerprint density at radius 1 is 1.39 bits per heavy atom. The molecule has 0 saturated carbocycles. The third-order valence-corrected chi connectivity index (χ3v) is 4.14. The fourth-order valence-electron chi connectivity index (χ4n) is 2.45. The van der Waals surface area contributed by atoms with Crippen LogP contribution in [0, 0.1) is 0 Å². The van der Waals surface area contributed by atoms with Crippen molar-refractivity contribution in [1.29, 1.82) is 0 Å². The summed E-state index contributed by atoms with van der Waals surface area (Å²) in [7, 11) is 0. The molecule has 0 radical (unpaired) electrons. The van der Waals surface area contributed by atoms with Gasteiger partial charge in [-0.15, -0.1) is 0 Å². The third kappa shape index (κ3) is 2.75. The molecule has 1 saturated heterocycles. The highest BCUT2D eigenvalue weighted by molar-refractivity contribution is 7.07. The average Bonchev–Trinajstić information content (AvgIpc) is 2.97. The number of amides is 1. The van der Waals surface area contributed by atoms with Crippen molar-refractivity contribution in [2.24, 2.45) is 0 Å². The molecular formula is C14H22N2OS. The van der Waals surface area contributed by atoms with E-state index < -0.39 is 0 Å². The minimum atomic E-state index is 0.0109. The molecule has 0 aliphatic carbocycles. The quantitative estimate of drug-likeness (QED) is 0.858. The summed E-state index contributed by atoms with van der Waals surface area (Å²) in [5, 5.41) is 7.70. The Kier molecular flexibility index (Phi) is 4.78. The molecule has 1 aliphatic heterocycles. The zero-order valence-corrected chi connectivity index (χ0v) is 12.0. The minimum absolute atomic E-state index is 0.0109. The number of thiophene rings is 1. The van der Waals surface area contributed by atoms with E-state index in [2.05, 4.69) is 36.0 Å². The number of carbonyl (C=O) groups excluding carboxylic acids is 1. The van der Waals surface area contributed by atoms with E-state index in [9.17, 15) is 4.79 Å². The third-order valence-electron chi connectivity index (χ3n) is 3.44. The molecule has 0 spiro atoms. The summed E-state index contributed by atoms with van der Waals surface area (Å²) >= 11 is 1.69. The monoisotopic (exact) mass is 266 g/mol. The molecule has 2 unspecified atom stereocenters. The molecule has 2 atom stereocenters. The van der Waals surface area contributed by atoms with E-state index in [1.165, 1.54) is 5.56 Å². The molecule has 1 N–H and O–H groups in total. The summed E-state index contributed by atoms with van der Waals surface area (Å²) in [6.07, 6.45) is 4.27. The standard InChI is InChI=1S/C14H22N2OS/c1-3-5-8-16-13(11-7-9-18-10-11)15-12(6-4-2)14(16)17/h7,9-10,12-13,15H,3-6,8H2,1-2H3. The van der Waals surface area contributed by atoms with E-state index >= 15 is 0 Å². The maximum Gasteiger partial charge on any atom is 0.241 e. The molecule has 4 heteroatoms. The lowest BCUT2D eigenvalue weighted by Gasteiger charge is -2.23. The molecule has 1 aromatic rings. The number of rotatable bonds is 6. The zero-order chi connectivity index (χ0) is 13.0. The topological polar surface area (TPSA) is 32.3 Å². The number of hydrogen-bond donors (Lipinski definition) is 1. The highest BCUT2D eigenvalue weighted by Gasteiger charge is 2.38. The maximum atomic E-state index is 12.4. The van der Waals surface area contributed by atoms with Crippen molar-refractivity contribution in [3.05, 3.63) is 22.4 Å². The van der Waals surface area contributed by atoms with Gasteiger partial charge >= 0.3 is 0 Å². The predicted molar refractivity (Wildman–Crippen MR) is 75.5 cm³/mol. The van der Waals surface area contributed by atoms with Crippen LogP contribution >= 0.6 is 11.3 Å². The van der Waals surface area contributed by atoms with Crippen LogP contribution in [0.15, 0.2) is 16.8 Å². The van der Waals surface area contributed by atoms with Crippen LogP contribution in [0.1, 0.15) is 51.3 Å². The van der Waals surface area contributed by atoms with Gasteiger partial charge in [0.1, 0.15) is 6.17 Å². The van der Waals surface area contributed by atoms with Gasteiger partial charge in [0, 0.05) is 6.54 Å². The van der Waals surface area contributed by atoms with Crippen molar-refractivity contribution in [2.45, 2.75) is 51.7 Å². The highest BCUT2D eigenvalue weighted by Crippen LogP contribution is 2.28. The number of nitrogens with zero attached hydrogens (tertiary/aromatic N) is 1. The lowest BCUT2D eigenvalue weighted by molar-refractivity contribution is -0.130. The molecule has 1 fully saturated rings.